The Bertz CT molecular complexity index is 756. The minimum atomic E-state index is -0.306. The molecule has 0 heterocycles. The average molecular weight is 354 g/mol. The number of rotatable bonds is 8. The van der Waals surface area contributed by atoms with Crippen molar-refractivity contribution in [3.05, 3.63) is 59.7 Å². The molecule has 2 aromatic carbocycles. The highest BCUT2D eigenvalue weighted by molar-refractivity contribution is 6.04. The number of hydrogen-bond donors (Lipinski definition) is 2. The van der Waals surface area contributed by atoms with Crippen LogP contribution < -0.4 is 15.4 Å². The molecule has 26 heavy (non-hydrogen) atoms. The summed E-state index contributed by atoms with van der Waals surface area (Å²) in [6.07, 6.45) is 0.851. The predicted molar refractivity (Wildman–Crippen MR) is 104 cm³/mol. The molecule has 0 saturated heterocycles. The lowest BCUT2D eigenvalue weighted by atomic mass is 10.0. The van der Waals surface area contributed by atoms with Gasteiger partial charge in [-0.3, -0.25) is 9.59 Å². The van der Waals surface area contributed by atoms with Crippen molar-refractivity contribution in [2.75, 3.05) is 18.5 Å². The second-order valence-corrected chi connectivity index (χ2v) is 6.33. The van der Waals surface area contributed by atoms with Crippen LogP contribution in [0.4, 0.5) is 5.69 Å². The van der Waals surface area contributed by atoms with Crippen molar-refractivity contribution in [2.24, 2.45) is 0 Å². The summed E-state index contributed by atoms with van der Waals surface area (Å²) >= 11 is 0. The third kappa shape index (κ3) is 5.34. The van der Waals surface area contributed by atoms with Gasteiger partial charge < -0.3 is 15.4 Å². The van der Waals surface area contributed by atoms with Gasteiger partial charge in [0.25, 0.3) is 11.8 Å². The number of amides is 2. The maximum absolute atomic E-state index is 12.3. The van der Waals surface area contributed by atoms with Crippen LogP contribution in [0.2, 0.25) is 0 Å². The molecule has 2 aromatic rings. The monoisotopic (exact) mass is 354 g/mol. The molecule has 0 unspecified atom stereocenters. The number of anilines is 1. The third-order valence-electron chi connectivity index (χ3n) is 3.88. The van der Waals surface area contributed by atoms with E-state index in [-0.39, 0.29) is 18.4 Å². The summed E-state index contributed by atoms with van der Waals surface area (Å²) in [5.41, 5.74) is 1.98. The van der Waals surface area contributed by atoms with Gasteiger partial charge in [0.2, 0.25) is 0 Å². The van der Waals surface area contributed by atoms with E-state index in [1.54, 1.807) is 24.3 Å². The minimum absolute atomic E-state index is 0.116. The zero-order valence-corrected chi connectivity index (χ0v) is 15.5. The quantitative estimate of drug-likeness (QED) is 0.754. The highest BCUT2D eigenvalue weighted by Crippen LogP contribution is 2.25. The molecule has 2 rings (SSSR count). The van der Waals surface area contributed by atoms with E-state index in [1.165, 1.54) is 0 Å². The lowest BCUT2D eigenvalue weighted by Gasteiger charge is -2.14. The van der Waals surface area contributed by atoms with Gasteiger partial charge in [-0.25, -0.2) is 0 Å². The summed E-state index contributed by atoms with van der Waals surface area (Å²) < 4.78 is 5.69. The van der Waals surface area contributed by atoms with Crippen molar-refractivity contribution in [3.63, 3.8) is 0 Å². The van der Waals surface area contributed by atoms with Crippen molar-refractivity contribution < 1.29 is 14.3 Å². The lowest BCUT2D eigenvalue weighted by Crippen LogP contribution is -2.27. The Balaban J connectivity index is 2.02. The summed E-state index contributed by atoms with van der Waals surface area (Å²) in [4.78, 5) is 24.5. The summed E-state index contributed by atoms with van der Waals surface area (Å²) in [5, 5.41) is 5.58. The van der Waals surface area contributed by atoms with E-state index in [4.69, 9.17) is 4.74 Å². The van der Waals surface area contributed by atoms with Crippen molar-refractivity contribution in [1.82, 2.24) is 5.32 Å². The van der Waals surface area contributed by atoms with Gasteiger partial charge in [0.1, 0.15) is 5.75 Å². The first-order valence-corrected chi connectivity index (χ1v) is 8.91. The normalized spacial score (nSPS) is 10.5. The Labute approximate surface area is 154 Å². The summed E-state index contributed by atoms with van der Waals surface area (Å²) in [6.45, 7) is 6.62. The predicted octanol–water partition coefficient (Wildman–Crippen LogP) is 3.97. The lowest BCUT2D eigenvalue weighted by molar-refractivity contribution is -0.118. The Hall–Kier alpha value is -2.82. The fourth-order valence-corrected chi connectivity index (χ4v) is 2.54. The fraction of sp³-hybridized carbons (Fsp3) is 0.333. The maximum Gasteiger partial charge on any atom is 0.262 e. The molecule has 0 aliphatic rings. The van der Waals surface area contributed by atoms with E-state index < -0.39 is 0 Å². The number of nitrogens with one attached hydrogen (secondary N) is 2. The molecule has 5 heteroatoms. The summed E-state index contributed by atoms with van der Waals surface area (Å²) in [6, 6.07) is 14.6. The molecule has 2 amide bonds. The van der Waals surface area contributed by atoms with E-state index in [0.29, 0.717) is 29.5 Å². The number of benzene rings is 2. The second kappa shape index (κ2) is 9.61. The van der Waals surface area contributed by atoms with Gasteiger partial charge in [0.05, 0.1) is 11.3 Å². The van der Waals surface area contributed by atoms with Crippen molar-refractivity contribution in [3.8, 4) is 5.75 Å². The van der Waals surface area contributed by atoms with Gasteiger partial charge in [0, 0.05) is 6.54 Å². The second-order valence-electron chi connectivity index (χ2n) is 6.33. The van der Waals surface area contributed by atoms with Gasteiger partial charge in [-0.15, -0.1) is 0 Å². The van der Waals surface area contributed by atoms with E-state index in [2.05, 4.69) is 24.5 Å². The van der Waals surface area contributed by atoms with Crippen LogP contribution in [-0.4, -0.2) is 25.0 Å². The van der Waals surface area contributed by atoms with E-state index >= 15 is 0 Å². The average Bonchev–Trinajstić information content (AvgIpc) is 2.65. The molecule has 5 nitrogen and oxygen atoms in total. The Morgan fingerprint density at radius 3 is 2.46 bits per heavy atom. The summed E-state index contributed by atoms with van der Waals surface area (Å²) in [7, 11) is 0. The highest BCUT2D eigenvalue weighted by atomic mass is 16.5. The smallest absolute Gasteiger partial charge is 0.262 e. The van der Waals surface area contributed by atoms with Crippen molar-refractivity contribution >= 4 is 17.5 Å². The van der Waals surface area contributed by atoms with Gasteiger partial charge in [-0.05, 0) is 36.1 Å². The largest absolute Gasteiger partial charge is 0.483 e. The van der Waals surface area contributed by atoms with Crippen LogP contribution in [0, 0.1) is 0 Å². The van der Waals surface area contributed by atoms with E-state index in [9.17, 15) is 9.59 Å². The zero-order valence-electron chi connectivity index (χ0n) is 15.5. The molecular formula is C21H26N2O3. The summed E-state index contributed by atoms with van der Waals surface area (Å²) in [5.74, 6) is 0.497. The first kappa shape index (κ1) is 19.5. The molecule has 0 fully saturated rings. The Morgan fingerprint density at radius 2 is 1.73 bits per heavy atom. The molecule has 0 saturated carbocycles. The van der Waals surface area contributed by atoms with E-state index in [0.717, 1.165) is 12.0 Å². The van der Waals surface area contributed by atoms with Crippen LogP contribution >= 0.6 is 0 Å². The first-order valence-electron chi connectivity index (χ1n) is 8.91. The zero-order chi connectivity index (χ0) is 18.9. The van der Waals surface area contributed by atoms with Crippen LogP contribution in [0.25, 0.3) is 0 Å². The first-order chi connectivity index (χ1) is 12.5. The van der Waals surface area contributed by atoms with Crippen molar-refractivity contribution in [1.29, 1.82) is 0 Å². The third-order valence-corrected chi connectivity index (χ3v) is 3.88. The number of hydrogen-bond acceptors (Lipinski definition) is 3. The number of ether oxygens (including phenoxy) is 1. The standard InChI is InChI=1S/C21H26N2O3/c1-4-13-22-21(25)17-10-5-7-11-18(17)23-20(24)14-26-19-12-8-6-9-16(19)15(2)3/h5-12,15H,4,13-14H2,1-3H3,(H,22,25)(H,23,24). The maximum atomic E-state index is 12.3. The fourth-order valence-electron chi connectivity index (χ4n) is 2.54. The minimum Gasteiger partial charge on any atom is -0.483 e. The molecule has 0 aromatic heterocycles. The molecular weight excluding hydrogens is 328 g/mol. The molecule has 2 N–H and O–H groups in total. The molecule has 0 radical (unpaired) electrons. The van der Waals surface area contributed by atoms with E-state index in [1.807, 2.05) is 31.2 Å². The molecule has 0 bridgehead atoms. The van der Waals surface area contributed by atoms with Crippen LogP contribution in [0.5, 0.6) is 5.75 Å². The number of carbonyl (C=O) groups is 2. The Morgan fingerprint density at radius 1 is 1.04 bits per heavy atom. The van der Waals surface area contributed by atoms with Gasteiger partial charge in [-0.2, -0.15) is 0 Å². The van der Waals surface area contributed by atoms with Gasteiger partial charge in [0.15, 0.2) is 6.61 Å². The highest BCUT2D eigenvalue weighted by Gasteiger charge is 2.14. The molecule has 0 aliphatic heterocycles. The van der Waals surface area contributed by atoms with Crippen LogP contribution in [0.15, 0.2) is 48.5 Å². The molecule has 0 aliphatic carbocycles. The molecule has 138 valence electrons. The molecule has 0 atom stereocenters. The van der Waals surface area contributed by atoms with Gasteiger partial charge >= 0.3 is 0 Å². The number of carbonyl (C=O) groups excluding carboxylic acids is 2. The van der Waals surface area contributed by atoms with Crippen LogP contribution in [0.3, 0.4) is 0 Å². The SMILES string of the molecule is CCCNC(=O)c1ccccc1NC(=O)COc1ccccc1C(C)C. The van der Waals surface area contributed by atoms with Crippen molar-refractivity contribution in [2.45, 2.75) is 33.1 Å². The topological polar surface area (TPSA) is 67.4 Å². The number of para-hydroxylation sites is 2. The van der Waals surface area contributed by atoms with Crippen LogP contribution in [-0.2, 0) is 4.79 Å². The van der Waals surface area contributed by atoms with Crippen LogP contribution in [0.1, 0.15) is 49.0 Å². The molecule has 0 spiro atoms. The van der Waals surface area contributed by atoms with Gasteiger partial charge in [-0.1, -0.05) is 51.1 Å². The Kier molecular flexibility index (Phi) is 7.21.